The Bertz CT molecular complexity index is 1020. The molecule has 7 nitrogen and oxygen atoms in total. The predicted octanol–water partition coefficient (Wildman–Crippen LogP) is 3.09. The molecular formula is C23H24N2O5. The number of carbonyl (C=O) groups excluding carboxylic acids is 2. The zero-order chi connectivity index (χ0) is 21.3. The molecule has 0 unspecified atom stereocenters. The summed E-state index contributed by atoms with van der Waals surface area (Å²) in [7, 11) is 4.60. The molecule has 30 heavy (non-hydrogen) atoms. The van der Waals surface area contributed by atoms with E-state index in [1.54, 1.807) is 31.4 Å². The van der Waals surface area contributed by atoms with E-state index in [0.717, 1.165) is 25.9 Å². The van der Waals surface area contributed by atoms with Gasteiger partial charge in [0.05, 0.1) is 32.6 Å². The molecule has 0 aromatic heterocycles. The number of anilines is 1. The van der Waals surface area contributed by atoms with Crippen LogP contribution in [0.2, 0.25) is 0 Å². The monoisotopic (exact) mass is 408 g/mol. The zero-order valence-electron chi connectivity index (χ0n) is 17.3. The second-order valence-corrected chi connectivity index (χ2v) is 7.10. The fraction of sp³-hybridized carbons (Fsp3) is 0.304. The maximum atomic E-state index is 13.7. The minimum Gasteiger partial charge on any atom is -0.497 e. The van der Waals surface area contributed by atoms with E-state index < -0.39 is 5.91 Å². The van der Waals surface area contributed by atoms with Gasteiger partial charge in [0.25, 0.3) is 11.8 Å². The Morgan fingerprint density at radius 3 is 2.17 bits per heavy atom. The maximum absolute atomic E-state index is 13.7. The third-order valence-corrected chi connectivity index (χ3v) is 5.48. The van der Waals surface area contributed by atoms with Crippen LogP contribution in [0.4, 0.5) is 5.69 Å². The first-order valence-electron chi connectivity index (χ1n) is 9.84. The number of imide groups is 1. The molecule has 1 saturated heterocycles. The van der Waals surface area contributed by atoms with Gasteiger partial charge in [0, 0.05) is 24.7 Å². The van der Waals surface area contributed by atoms with Crippen LogP contribution in [0, 0.1) is 0 Å². The number of benzene rings is 2. The summed E-state index contributed by atoms with van der Waals surface area (Å²) in [5.74, 6) is 0.719. The molecule has 2 aliphatic heterocycles. The third-order valence-electron chi connectivity index (χ3n) is 5.48. The first-order chi connectivity index (χ1) is 14.6. The van der Waals surface area contributed by atoms with Gasteiger partial charge >= 0.3 is 0 Å². The molecule has 0 aliphatic carbocycles. The molecule has 156 valence electrons. The van der Waals surface area contributed by atoms with Crippen LogP contribution in [0.3, 0.4) is 0 Å². The third kappa shape index (κ3) is 3.16. The van der Waals surface area contributed by atoms with E-state index in [1.807, 2.05) is 23.1 Å². The number of methoxy groups -OCH3 is 3. The molecule has 0 bridgehead atoms. The molecule has 2 heterocycles. The standard InChI is InChI=1S/C23H24N2O5/c1-28-15-10-11-19(30-3)17(14-15)25-22(26)20(16-8-4-5-9-18(16)29-2)21(23(25)27)24-12-6-7-13-24/h4-5,8-11,14H,6-7,12-13H2,1-3H3. The number of hydrogen-bond donors (Lipinski definition) is 0. The summed E-state index contributed by atoms with van der Waals surface area (Å²) in [6.45, 7) is 1.46. The largest absolute Gasteiger partial charge is 0.497 e. The average Bonchev–Trinajstić information content (AvgIpc) is 3.39. The maximum Gasteiger partial charge on any atom is 0.282 e. The van der Waals surface area contributed by atoms with Gasteiger partial charge in [-0.2, -0.15) is 0 Å². The number of para-hydroxylation sites is 1. The highest BCUT2D eigenvalue weighted by Crippen LogP contribution is 2.42. The lowest BCUT2D eigenvalue weighted by atomic mass is 10.0. The summed E-state index contributed by atoms with van der Waals surface area (Å²) >= 11 is 0. The van der Waals surface area contributed by atoms with E-state index in [2.05, 4.69) is 0 Å². The van der Waals surface area contributed by atoms with Gasteiger partial charge in [0.1, 0.15) is 22.9 Å². The van der Waals surface area contributed by atoms with Crippen LogP contribution in [-0.2, 0) is 9.59 Å². The van der Waals surface area contributed by atoms with Crippen molar-refractivity contribution < 1.29 is 23.8 Å². The second kappa shape index (κ2) is 8.10. The molecule has 0 atom stereocenters. The lowest BCUT2D eigenvalue weighted by Crippen LogP contribution is -2.34. The molecule has 2 aromatic carbocycles. The fourth-order valence-corrected chi connectivity index (χ4v) is 4.04. The van der Waals surface area contributed by atoms with E-state index in [4.69, 9.17) is 14.2 Å². The minimum atomic E-state index is -0.405. The number of nitrogens with zero attached hydrogens (tertiary/aromatic N) is 2. The summed E-state index contributed by atoms with van der Waals surface area (Å²) in [5.41, 5.74) is 1.72. The summed E-state index contributed by atoms with van der Waals surface area (Å²) in [6.07, 6.45) is 1.96. The van der Waals surface area contributed by atoms with E-state index in [-0.39, 0.29) is 5.91 Å². The van der Waals surface area contributed by atoms with Gasteiger partial charge < -0.3 is 19.1 Å². The van der Waals surface area contributed by atoms with Crippen molar-refractivity contribution in [3.8, 4) is 17.2 Å². The van der Waals surface area contributed by atoms with Crippen LogP contribution in [-0.4, -0.2) is 51.1 Å². The van der Waals surface area contributed by atoms with Crippen molar-refractivity contribution in [1.82, 2.24) is 4.90 Å². The Morgan fingerprint density at radius 1 is 0.800 bits per heavy atom. The highest BCUT2D eigenvalue weighted by Gasteiger charge is 2.44. The zero-order valence-corrected chi connectivity index (χ0v) is 17.3. The normalized spacial score (nSPS) is 16.5. The summed E-state index contributed by atoms with van der Waals surface area (Å²) in [5, 5.41) is 0. The van der Waals surface area contributed by atoms with Crippen molar-refractivity contribution >= 4 is 23.1 Å². The number of hydrogen-bond acceptors (Lipinski definition) is 6. The first-order valence-corrected chi connectivity index (χ1v) is 9.84. The molecule has 1 fully saturated rings. The van der Waals surface area contributed by atoms with Crippen LogP contribution in [0.25, 0.3) is 5.57 Å². The van der Waals surface area contributed by atoms with Gasteiger partial charge in [-0.05, 0) is 31.0 Å². The lowest BCUT2D eigenvalue weighted by Gasteiger charge is -2.21. The molecule has 7 heteroatoms. The fourth-order valence-electron chi connectivity index (χ4n) is 4.04. The Morgan fingerprint density at radius 2 is 1.50 bits per heavy atom. The van der Waals surface area contributed by atoms with Gasteiger partial charge in [0.15, 0.2) is 0 Å². The number of carbonyl (C=O) groups is 2. The van der Waals surface area contributed by atoms with Crippen molar-refractivity contribution in [3.63, 3.8) is 0 Å². The quantitative estimate of drug-likeness (QED) is 0.685. The van der Waals surface area contributed by atoms with E-state index in [9.17, 15) is 9.59 Å². The molecule has 0 N–H and O–H groups in total. The molecular weight excluding hydrogens is 384 g/mol. The first kappa shape index (κ1) is 19.8. The SMILES string of the molecule is COc1ccc(OC)c(N2C(=O)C(c3ccccc3OC)=C(N3CCCC3)C2=O)c1. The summed E-state index contributed by atoms with van der Waals surface area (Å²) in [6, 6.07) is 12.3. The van der Waals surface area contributed by atoms with Crippen LogP contribution in [0.1, 0.15) is 18.4 Å². The minimum absolute atomic E-state index is 0.351. The van der Waals surface area contributed by atoms with E-state index in [1.165, 1.54) is 19.1 Å². The van der Waals surface area contributed by atoms with Crippen LogP contribution < -0.4 is 19.1 Å². The van der Waals surface area contributed by atoms with E-state index >= 15 is 0 Å². The van der Waals surface area contributed by atoms with Crippen molar-refractivity contribution in [2.45, 2.75) is 12.8 Å². The van der Waals surface area contributed by atoms with E-state index in [0.29, 0.717) is 39.8 Å². The summed E-state index contributed by atoms with van der Waals surface area (Å²) in [4.78, 5) is 30.5. The number of likely N-dealkylation sites (tertiary alicyclic amines) is 1. The highest BCUT2D eigenvalue weighted by molar-refractivity contribution is 6.46. The molecule has 2 aromatic rings. The van der Waals surface area contributed by atoms with Crippen molar-refractivity contribution in [2.75, 3.05) is 39.3 Å². The smallest absolute Gasteiger partial charge is 0.282 e. The molecule has 2 aliphatic rings. The molecule has 0 spiro atoms. The highest BCUT2D eigenvalue weighted by atomic mass is 16.5. The van der Waals surface area contributed by atoms with Crippen molar-refractivity contribution in [1.29, 1.82) is 0 Å². The van der Waals surface area contributed by atoms with Crippen LogP contribution in [0.5, 0.6) is 17.2 Å². The number of ether oxygens (including phenoxy) is 3. The Kier molecular flexibility index (Phi) is 5.35. The van der Waals surface area contributed by atoms with Crippen LogP contribution >= 0.6 is 0 Å². The van der Waals surface area contributed by atoms with Gasteiger partial charge in [-0.15, -0.1) is 0 Å². The van der Waals surface area contributed by atoms with Crippen molar-refractivity contribution in [3.05, 3.63) is 53.7 Å². The Hall–Kier alpha value is -3.48. The predicted molar refractivity (Wildman–Crippen MR) is 113 cm³/mol. The Balaban J connectivity index is 1.90. The Labute approximate surface area is 175 Å². The molecule has 4 rings (SSSR count). The second-order valence-electron chi connectivity index (χ2n) is 7.10. The van der Waals surface area contributed by atoms with Gasteiger partial charge in [0.2, 0.25) is 0 Å². The summed E-state index contributed by atoms with van der Waals surface area (Å²) < 4.78 is 16.2. The number of rotatable bonds is 6. The van der Waals surface area contributed by atoms with Crippen LogP contribution in [0.15, 0.2) is 48.2 Å². The molecule has 0 radical (unpaired) electrons. The van der Waals surface area contributed by atoms with Gasteiger partial charge in [-0.3, -0.25) is 9.59 Å². The topological polar surface area (TPSA) is 68.3 Å². The number of amides is 2. The van der Waals surface area contributed by atoms with Crippen molar-refractivity contribution in [2.24, 2.45) is 0 Å². The van der Waals surface area contributed by atoms with Gasteiger partial charge in [-0.1, -0.05) is 18.2 Å². The average molecular weight is 408 g/mol. The van der Waals surface area contributed by atoms with Gasteiger partial charge in [-0.25, -0.2) is 4.90 Å². The lowest BCUT2D eigenvalue weighted by molar-refractivity contribution is -0.120. The molecule has 0 saturated carbocycles. The molecule has 2 amide bonds.